The van der Waals surface area contributed by atoms with Gasteiger partial charge < -0.3 is 19.7 Å². The fraction of sp³-hybridized carbons (Fsp3) is 0.800. The van der Waals surface area contributed by atoms with E-state index in [1.54, 1.807) is 14.0 Å². The number of rotatable bonds is 4. The molecule has 1 aliphatic rings. The lowest BCUT2D eigenvalue weighted by Gasteiger charge is -2.21. The number of carbonyl (C=O) groups excluding carboxylic acids is 2. The molecule has 1 aliphatic heterocycles. The topological polar surface area (TPSA) is 67.9 Å². The number of hydrogen-bond acceptors (Lipinski definition) is 5. The Labute approximate surface area is 94.9 Å². The van der Waals surface area contributed by atoms with Crippen LogP contribution in [0.5, 0.6) is 0 Å². The fourth-order valence-corrected chi connectivity index (χ4v) is 1.50. The van der Waals surface area contributed by atoms with Crippen LogP contribution in [-0.2, 0) is 19.1 Å². The van der Waals surface area contributed by atoms with Gasteiger partial charge in [0, 0.05) is 6.54 Å². The predicted octanol–water partition coefficient (Wildman–Crippen LogP) is -1.00. The van der Waals surface area contributed by atoms with Crippen LogP contribution in [0.25, 0.3) is 0 Å². The van der Waals surface area contributed by atoms with Crippen LogP contribution in [-0.4, -0.2) is 62.8 Å². The summed E-state index contributed by atoms with van der Waals surface area (Å²) in [5, 5.41) is 2.86. The molecule has 1 rings (SSSR count). The van der Waals surface area contributed by atoms with E-state index in [0.29, 0.717) is 26.4 Å². The van der Waals surface area contributed by atoms with Gasteiger partial charge in [0.1, 0.15) is 12.6 Å². The molecule has 1 saturated heterocycles. The summed E-state index contributed by atoms with van der Waals surface area (Å²) in [5.41, 5.74) is 0. The predicted molar refractivity (Wildman–Crippen MR) is 56.9 cm³/mol. The average Bonchev–Trinajstić information content (AvgIpc) is 2.42. The molecular formula is C10H18N2O4. The van der Waals surface area contributed by atoms with Gasteiger partial charge in [0.25, 0.3) is 0 Å². The first kappa shape index (κ1) is 12.9. The van der Waals surface area contributed by atoms with E-state index in [0.717, 1.165) is 0 Å². The second kappa shape index (κ2) is 6.44. The van der Waals surface area contributed by atoms with Crippen LogP contribution in [0.4, 0.5) is 0 Å². The van der Waals surface area contributed by atoms with E-state index in [2.05, 4.69) is 5.32 Å². The first-order chi connectivity index (χ1) is 7.69. The molecule has 0 bridgehead atoms. The zero-order chi connectivity index (χ0) is 12.0. The summed E-state index contributed by atoms with van der Waals surface area (Å²) in [6.45, 7) is 3.27. The van der Waals surface area contributed by atoms with Crippen LogP contribution in [0.15, 0.2) is 0 Å². The molecular weight excluding hydrogens is 212 g/mol. The lowest BCUT2D eigenvalue weighted by atomic mass is 10.2. The van der Waals surface area contributed by atoms with Crippen LogP contribution in [0.3, 0.4) is 0 Å². The van der Waals surface area contributed by atoms with Gasteiger partial charge in [-0.05, 0) is 14.0 Å². The minimum Gasteiger partial charge on any atom is -0.465 e. The van der Waals surface area contributed by atoms with E-state index >= 15 is 0 Å². The normalized spacial score (nSPS) is 21.8. The molecule has 0 aromatic rings. The van der Waals surface area contributed by atoms with Crippen molar-refractivity contribution >= 4 is 11.9 Å². The molecule has 1 unspecified atom stereocenters. The number of esters is 1. The molecule has 0 saturated carbocycles. The summed E-state index contributed by atoms with van der Waals surface area (Å²) in [6, 6.07) is -0.378. The Hall–Kier alpha value is -1.14. The van der Waals surface area contributed by atoms with Gasteiger partial charge in [0.2, 0.25) is 5.91 Å². The average molecular weight is 230 g/mol. The lowest BCUT2D eigenvalue weighted by Crippen LogP contribution is -2.47. The molecule has 0 aliphatic carbocycles. The van der Waals surface area contributed by atoms with Gasteiger partial charge in [-0.1, -0.05) is 0 Å². The third-order valence-electron chi connectivity index (χ3n) is 2.37. The minimum atomic E-state index is -0.382. The quantitative estimate of drug-likeness (QED) is 0.627. The Morgan fingerprint density at radius 1 is 1.69 bits per heavy atom. The first-order valence-corrected chi connectivity index (χ1v) is 5.38. The Morgan fingerprint density at radius 3 is 3.06 bits per heavy atom. The number of amides is 1. The summed E-state index contributed by atoms with van der Waals surface area (Å²) in [4.78, 5) is 24.6. The van der Waals surface area contributed by atoms with Crippen molar-refractivity contribution < 1.29 is 19.1 Å². The van der Waals surface area contributed by atoms with Gasteiger partial charge >= 0.3 is 5.97 Å². The SMILES string of the molecule is CCOC(=O)CN1CCOCC(NC)C1=O. The third-order valence-corrected chi connectivity index (χ3v) is 2.37. The van der Waals surface area contributed by atoms with Crippen LogP contribution < -0.4 is 5.32 Å². The summed E-state index contributed by atoms with van der Waals surface area (Å²) in [6.07, 6.45) is 0. The second-order valence-corrected chi connectivity index (χ2v) is 3.48. The molecule has 16 heavy (non-hydrogen) atoms. The van der Waals surface area contributed by atoms with Crippen molar-refractivity contribution in [3.63, 3.8) is 0 Å². The zero-order valence-corrected chi connectivity index (χ0v) is 9.69. The Kier molecular flexibility index (Phi) is 5.21. The molecule has 0 aromatic carbocycles. The van der Waals surface area contributed by atoms with Crippen molar-refractivity contribution in [2.24, 2.45) is 0 Å². The first-order valence-electron chi connectivity index (χ1n) is 5.38. The maximum absolute atomic E-state index is 11.9. The highest BCUT2D eigenvalue weighted by atomic mass is 16.5. The highest BCUT2D eigenvalue weighted by molar-refractivity contribution is 5.86. The van der Waals surface area contributed by atoms with Crippen molar-refractivity contribution in [3.05, 3.63) is 0 Å². The highest BCUT2D eigenvalue weighted by Crippen LogP contribution is 2.02. The van der Waals surface area contributed by atoms with Crippen molar-refractivity contribution in [1.29, 1.82) is 0 Å². The number of nitrogens with one attached hydrogen (secondary N) is 1. The maximum atomic E-state index is 11.9. The molecule has 1 heterocycles. The monoisotopic (exact) mass is 230 g/mol. The summed E-state index contributed by atoms with van der Waals surface area (Å²) < 4.78 is 10.1. The number of hydrogen-bond donors (Lipinski definition) is 1. The maximum Gasteiger partial charge on any atom is 0.325 e. The summed E-state index contributed by atoms with van der Waals surface area (Å²) in [5.74, 6) is -0.499. The van der Waals surface area contributed by atoms with Gasteiger partial charge in [-0.15, -0.1) is 0 Å². The molecule has 6 heteroatoms. The van der Waals surface area contributed by atoms with E-state index in [1.807, 2.05) is 0 Å². The number of nitrogens with zero attached hydrogens (tertiary/aromatic N) is 1. The van der Waals surface area contributed by atoms with Crippen molar-refractivity contribution in [3.8, 4) is 0 Å². The van der Waals surface area contributed by atoms with Gasteiger partial charge in [-0.3, -0.25) is 9.59 Å². The smallest absolute Gasteiger partial charge is 0.325 e. The van der Waals surface area contributed by atoms with Crippen LogP contribution in [0.2, 0.25) is 0 Å². The molecule has 0 aromatic heterocycles. The molecule has 1 fully saturated rings. The van der Waals surface area contributed by atoms with Gasteiger partial charge in [0.05, 0.1) is 19.8 Å². The van der Waals surface area contributed by atoms with Crippen LogP contribution >= 0.6 is 0 Å². The van der Waals surface area contributed by atoms with Gasteiger partial charge in [0.15, 0.2) is 0 Å². The second-order valence-electron chi connectivity index (χ2n) is 3.48. The molecule has 1 N–H and O–H groups in total. The molecule has 0 spiro atoms. The number of carbonyl (C=O) groups is 2. The Bertz CT molecular complexity index is 257. The summed E-state index contributed by atoms with van der Waals surface area (Å²) in [7, 11) is 1.69. The van der Waals surface area contributed by atoms with Gasteiger partial charge in [-0.25, -0.2) is 0 Å². The van der Waals surface area contributed by atoms with Crippen molar-refractivity contribution in [2.45, 2.75) is 13.0 Å². The Balaban J connectivity index is 2.55. The lowest BCUT2D eigenvalue weighted by molar-refractivity contribution is -0.149. The fourth-order valence-electron chi connectivity index (χ4n) is 1.50. The molecule has 1 atom stereocenters. The standard InChI is InChI=1S/C10H18N2O4/c1-3-16-9(13)6-12-4-5-15-7-8(11-2)10(12)14/h8,11H,3-7H2,1-2H3. The van der Waals surface area contributed by atoms with Crippen LogP contribution in [0, 0.1) is 0 Å². The van der Waals surface area contributed by atoms with E-state index in [1.165, 1.54) is 4.90 Å². The van der Waals surface area contributed by atoms with E-state index in [4.69, 9.17) is 9.47 Å². The molecule has 0 radical (unpaired) electrons. The zero-order valence-electron chi connectivity index (χ0n) is 9.69. The summed E-state index contributed by atoms with van der Waals surface area (Å²) >= 11 is 0. The minimum absolute atomic E-state index is 0.00574. The molecule has 1 amide bonds. The molecule has 92 valence electrons. The number of ether oxygens (including phenoxy) is 2. The largest absolute Gasteiger partial charge is 0.465 e. The van der Waals surface area contributed by atoms with E-state index < -0.39 is 0 Å². The van der Waals surface area contributed by atoms with Crippen molar-refractivity contribution in [1.82, 2.24) is 10.2 Å². The Morgan fingerprint density at radius 2 is 2.44 bits per heavy atom. The van der Waals surface area contributed by atoms with Gasteiger partial charge in [-0.2, -0.15) is 0 Å². The highest BCUT2D eigenvalue weighted by Gasteiger charge is 2.27. The van der Waals surface area contributed by atoms with E-state index in [-0.39, 0.29) is 24.5 Å². The van der Waals surface area contributed by atoms with Crippen molar-refractivity contribution in [2.75, 3.05) is 40.0 Å². The molecule has 6 nitrogen and oxygen atoms in total. The van der Waals surface area contributed by atoms with Crippen LogP contribution in [0.1, 0.15) is 6.92 Å². The van der Waals surface area contributed by atoms with E-state index in [9.17, 15) is 9.59 Å². The third kappa shape index (κ3) is 3.46. The number of likely N-dealkylation sites (N-methyl/N-ethyl adjacent to an activating group) is 1.